The summed E-state index contributed by atoms with van der Waals surface area (Å²) in [7, 11) is 0. The maximum absolute atomic E-state index is 10.9. The predicted octanol–water partition coefficient (Wildman–Crippen LogP) is 3.49. The van der Waals surface area contributed by atoms with Crippen LogP contribution in [0.3, 0.4) is 0 Å². The molecule has 0 aliphatic rings. The van der Waals surface area contributed by atoms with E-state index < -0.39 is 4.92 Å². The minimum atomic E-state index is -0.508. The van der Waals surface area contributed by atoms with E-state index in [2.05, 4.69) is 20.3 Å². The molecule has 2 aromatic carbocycles. The summed E-state index contributed by atoms with van der Waals surface area (Å²) in [6.45, 7) is 4.05. The molecule has 0 saturated carbocycles. The molecular weight excluding hydrogens is 272 g/mol. The highest BCUT2D eigenvalue weighted by Crippen LogP contribution is 2.30. The molecule has 21 heavy (non-hydrogen) atoms. The third kappa shape index (κ3) is 2.29. The van der Waals surface area contributed by atoms with Crippen LogP contribution in [0, 0.1) is 24.0 Å². The van der Waals surface area contributed by atoms with Gasteiger partial charge in [0.15, 0.2) is 5.52 Å². The third-order valence-electron chi connectivity index (χ3n) is 3.38. The lowest BCUT2D eigenvalue weighted by Gasteiger charge is -2.08. The fourth-order valence-electron chi connectivity index (χ4n) is 2.08. The Kier molecular flexibility index (Phi) is 3.02. The molecule has 0 amide bonds. The molecule has 0 fully saturated rings. The molecule has 0 bridgehead atoms. The van der Waals surface area contributed by atoms with E-state index in [1.165, 1.54) is 11.6 Å². The van der Waals surface area contributed by atoms with Crippen molar-refractivity contribution >= 4 is 28.1 Å². The Morgan fingerprint density at radius 3 is 2.57 bits per heavy atom. The Balaban J connectivity index is 2.05. The Morgan fingerprint density at radius 2 is 1.86 bits per heavy atom. The smallest absolute Gasteiger partial charge is 0.300 e. The van der Waals surface area contributed by atoms with Gasteiger partial charge in [0, 0.05) is 11.8 Å². The lowest BCUT2D eigenvalue weighted by Crippen LogP contribution is -1.95. The molecule has 0 atom stereocenters. The van der Waals surface area contributed by atoms with Gasteiger partial charge in [-0.1, -0.05) is 6.07 Å². The zero-order valence-corrected chi connectivity index (χ0v) is 11.5. The Morgan fingerprint density at radius 1 is 1.10 bits per heavy atom. The summed E-state index contributed by atoms with van der Waals surface area (Å²) in [6, 6.07) is 8.91. The van der Waals surface area contributed by atoms with Crippen molar-refractivity contribution in [2.45, 2.75) is 13.8 Å². The number of benzene rings is 2. The zero-order chi connectivity index (χ0) is 15.0. The predicted molar refractivity (Wildman–Crippen MR) is 77.7 cm³/mol. The normalized spacial score (nSPS) is 10.8. The number of nitro groups is 1. The van der Waals surface area contributed by atoms with Crippen LogP contribution in [-0.4, -0.2) is 15.2 Å². The Hall–Kier alpha value is -2.96. The van der Waals surface area contributed by atoms with Gasteiger partial charge in [-0.05, 0) is 53.5 Å². The van der Waals surface area contributed by atoms with Crippen LogP contribution in [-0.2, 0) is 0 Å². The Bertz CT molecular complexity index is 841. The summed E-state index contributed by atoms with van der Waals surface area (Å²) in [5, 5.41) is 21.5. The van der Waals surface area contributed by atoms with E-state index in [9.17, 15) is 10.1 Å². The van der Waals surface area contributed by atoms with E-state index in [0.717, 1.165) is 11.3 Å². The fraction of sp³-hybridized carbons (Fsp3) is 0.143. The largest absolute Gasteiger partial charge is 0.354 e. The summed E-state index contributed by atoms with van der Waals surface area (Å²) in [5.74, 6) is 0. The number of fused-ring (bicyclic) bond motifs is 1. The van der Waals surface area contributed by atoms with Gasteiger partial charge in [0.2, 0.25) is 5.52 Å². The Labute approximate surface area is 119 Å². The van der Waals surface area contributed by atoms with Gasteiger partial charge in [-0.2, -0.15) is 0 Å². The van der Waals surface area contributed by atoms with Crippen molar-refractivity contribution in [2.75, 3.05) is 5.32 Å². The maximum Gasteiger partial charge on any atom is 0.300 e. The molecule has 0 saturated heterocycles. The standard InChI is InChI=1S/C14H12N4O3/c1-8-3-4-10(7-9(8)2)15-11-5-6-12(18(19)20)14-13(11)16-21-17-14/h3-7,15H,1-2H3. The average molecular weight is 284 g/mol. The number of nitrogens with one attached hydrogen (secondary N) is 1. The molecule has 3 aromatic rings. The summed E-state index contributed by atoms with van der Waals surface area (Å²) in [4.78, 5) is 10.4. The van der Waals surface area contributed by atoms with Gasteiger partial charge in [-0.15, -0.1) is 0 Å². The van der Waals surface area contributed by atoms with Crippen molar-refractivity contribution in [3.8, 4) is 0 Å². The molecule has 106 valence electrons. The van der Waals surface area contributed by atoms with Crippen molar-refractivity contribution in [2.24, 2.45) is 0 Å². The van der Waals surface area contributed by atoms with Gasteiger partial charge >= 0.3 is 5.69 Å². The average Bonchev–Trinajstić information content (AvgIpc) is 2.92. The van der Waals surface area contributed by atoms with Gasteiger partial charge in [-0.3, -0.25) is 10.1 Å². The molecule has 0 aliphatic carbocycles. The maximum atomic E-state index is 10.9. The highest BCUT2D eigenvalue weighted by Gasteiger charge is 2.19. The number of rotatable bonds is 3. The zero-order valence-electron chi connectivity index (χ0n) is 11.5. The van der Waals surface area contributed by atoms with Crippen LogP contribution in [0.4, 0.5) is 17.1 Å². The summed E-state index contributed by atoms with van der Waals surface area (Å²) in [5.41, 5.74) is 4.17. The quantitative estimate of drug-likeness (QED) is 0.584. The molecule has 1 aromatic heterocycles. The second-order valence-electron chi connectivity index (χ2n) is 4.77. The first kappa shape index (κ1) is 13.0. The molecule has 0 spiro atoms. The summed E-state index contributed by atoms with van der Waals surface area (Å²) >= 11 is 0. The summed E-state index contributed by atoms with van der Waals surface area (Å²) in [6.07, 6.45) is 0. The molecule has 3 rings (SSSR count). The SMILES string of the molecule is Cc1ccc(Nc2ccc([N+](=O)[O-])c3nonc23)cc1C. The van der Waals surface area contributed by atoms with Crippen LogP contribution in [0.25, 0.3) is 11.0 Å². The van der Waals surface area contributed by atoms with E-state index in [-0.39, 0.29) is 11.2 Å². The third-order valence-corrected chi connectivity index (χ3v) is 3.38. The fourth-order valence-corrected chi connectivity index (χ4v) is 2.08. The highest BCUT2D eigenvalue weighted by molar-refractivity contribution is 5.94. The number of aryl methyl sites for hydroxylation is 2. The molecule has 7 nitrogen and oxygen atoms in total. The number of hydrogen-bond donors (Lipinski definition) is 1. The van der Waals surface area contributed by atoms with Gasteiger partial charge < -0.3 is 5.32 Å². The van der Waals surface area contributed by atoms with E-state index in [1.807, 2.05) is 32.0 Å². The first-order valence-electron chi connectivity index (χ1n) is 6.30. The van der Waals surface area contributed by atoms with E-state index in [1.54, 1.807) is 6.07 Å². The van der Waals surface area contributed by atoms with Gasteiger partial charge in [0.1, 0.15) is 0 Å². The molecule has 1 heterocycles. The minimum Gasteiger partial charge on any atom is -0.354 e. The number of nitrogens with zero attached hydrogens (tertiary/aromatic N) is 3. The molecule has 0 unspecified atom stereocenters. The van der Waals surface area contributed by atoms with Crippen molar-refractivity contribution in [3.05, 3.63) is 51.6 Å². The lowest BCUT2D eigenvalue weighted by molar-refractivity contribution is -0.383. The number of non-ortho nitro benzene ring substituents is 1. The second-order valence-corrected chi connectivity index (χ2v) is 4.77. The number of anilines is 2. The minimum absolute atomic E-state index is 0.128. The highest BCUT2D eigenvalue weighted by atomic mass is 16.6. The van der Waals surface area contributed by atoms with E-state index in [0.29, 0.717) is 11.2 Å². The number of aromatic nitrogens is 2. The van der Waals surface area contributed by atoms with Crippen molar-refractivity contribution in [1.82, 2.24) is 10.3 Å². The molecule has 0 aliphatic heterocycles. The second kappa shape index (κ2) is 4.86. The van der Waals surface area contributed by atoms with E-state index >= 15 is 0 Å². The first-order chi connectivity index (χ1) is 10.1. The van der Waals surface area contributed by atoms with Crippen LogP contribution in [0.2, 0.25) is 0 Å². The van der Waals surface area contributed by atoms with Crippen LogP contribution in [0.15, 0.2) is 35.0 Å². The monoisotopic (exact) mass is 284 g/mol. The molecule has 7 heteroatoms. The van der Waals surface area contributed by atoms with Gasteiger partial charge in [-0.25, -0.2) is 4.63 Å². The van der Waals surface area contributed by atoms with Crippen molar-refractivity contribution in [1.29, 1.82) is 0 Å². The van der Waals surface area contributed by atoms with Crippen LogP contribution in [0.1, 0.15) is 11.1 Å². The molecule has 1 N–H and O–H groups in total. The van der Waals surface area contributed by atoms with Gasteiger partial charge in [0.25, 0.3) is 0 Å². The van der Waals surface area contributed by atoms with Crippen LogP contribution in [0.5, 0.6) is 0 Å². The van der Waals surface area contributed by atoms with Gasteiger partial charge in [0.05, 0.1) is 10.6 Å². The van der Waals surface area contributed by atoms with E-state index in [4.69, 9.17) is 0 Å². The van der Waals surface area contributed by atoms with Crippen molar-refractivity contribution in [3.63, 3.8) is 0 Å². The number of hydrogen-bond acceptors (Lipinski definition) is 6. The lowest BCUT2D eigenvalue weighted by atomic mass is 10.1. The molecular formula is C14H12N4O3. The topological polar surface area (TPSA) is 94.1 Å². The number of nitro benzene ring substituents is 1. The molecule has 0 radical (unpaired) electrons. The first-order valence-corrected chi connectivity index (χ1v) is 6.30. The van der Waals surface area contributed by atoms with Crippen LogP contribution < -0.4 is 5.32 Å². The summed E-state index contributed by atoms with van der Waals surface area (Å²) < 4.78 is 4.63. The van der Waals surface area contributed by atoms with Crippen molar-refractivity contribution < 1.29 is 9.55 Å². The van der Waals surface area contributed by atoms with Crippen LogP contribution >= 0.6 is 0 Å².